The van der Waals surface area contributed by atoms with Crippen molar-refractivity contribution in [2.45, 2.75) is 61.3 Å². The van der Waals surface area contributed by atoms with Crippen molar-refractivity contribution in [3.05, 3.63) is 12.2 Å². The van der Waals surface area contributed by atoms with Crippen LogP contribution in [0.3, 0.4) is 0 Å². The van der Waals surface area contributed by atoms with Crippen molar-refractivity contribution in [1.29, 1.82) is 0 Å². The molecule has 0 fully saturated rings. The molecule has 0 aliphatic rings. The van der Waals surface area contributed by atoms with Gasteiger partial charge in [0.25, 0.3) is 0 Å². The van der Waals surface area contributed by atoms with Crippen molar-refractivity contribution in [3.63, 3.8) is 0 Å². The lowest BCUT2D eigenvalue weighted by molar-refractivity contribution is -0.144. The lowest BCUT2D eigenvalue weighted by Crippen LogP contribution is -2.08. The number of hydrogen-bond acceptors (Lipinski definition) is 4. The van der Waals surface area contributed by atoms with Gasteiger partial charge in [-0.05, 0) is 33.6 Å². The maximum absolute atomic E-state index is 11.0. The Balaban J connectivity index is -0.000000188. The van der Waals surface area contributed by atoms with E-state index in [1.54, 1.807) is 7.11 Å². The Morgan fingerprint density at radius 2 is 1.40 bits per heavy atom. The lowest BCUT2D eigenvalue weighted by atomic mass is 10.2. The molecule has 0 N–H and O–H groups in total. The van der Waals surface area contributed by atoms with Gasteiger partial charge in [0.2, 0.25) is 0 Å². The molecule has 4 heteroatoms. The second-order valence-corrected chi connectivity index (χ2v) is 4.33. The minimum absolute atomic E-state index is 0. The molecule has 0 atom stereocenters. The predicted octanol–water partition coefficient (Wildman–Crippen LogP) is 4.18. The molecule has 0 aromatic carbocycles. The topological polar surface area (TPSA) is 52.6 Å². The number of esters is 1. The molecule has 4 nitrogen and oxygen atoms in total. The molecule has 0 aliphatic heterocycles. The van der Waals surface area contributed by atoms with Crippen LogP contribution in [-0.2, 0) is 19.1 Å². The van der Waals surface area contributed by atoms with Gasteiger partial charge in [0, 0.05) is 20.1 Å². The first-order valence-corrected chi connectivity index (χ1v) is 6.16. The fourth-order valence-electron chi connectivity index (χ4n) is 0.885. The van der Waals surface area contributed by atoms with Crippen LogP contribution in [0.5, 0.6) is 0 Å². The van der Waals surface area contributed by atoms with E-state index in [0.29, 0.717) is 13.2 Å². The largest absolute Gasteiger partial charge is 0.466 e. The Labute approximate surface area is 125 Å². The smallest absolute Gasteiger partial charge is 0.306 e. The van der Waals surface area contributed by atoms with E-state index < -0.39 is 0 Å². The van der Waals surface area contributed by atoms with Crippen LogP contribution in [0, 0.1) is 0 Å². The standard InChI is InChI=1S/C10H18O4.C4H8.2CH4/c1-9(11)5-6-10(12)14-8-4-3-7-13-2;1-4(2)3;;/h3-8H2,1-2H3;1H2,2-3H3;2*1H4. The molecule has 0 saturated heterocycles. The molecule has 0 bridgehead atoms. The number of Topliss-reactive ketones (excluding diaryl/α,β-unsaturated/α-hetero) is 1. The Hall–Kier alpha value is -1.16. The summed E-state index contributed by atoms with van der Waals surface area (Å²) in [6.07, 6.45) is 2.16. The van der Waals surface area contributed by atoms with Gasteiger partial charge >= 0.3 is 5.97 Å². The van der Waals surface area contributed by atoms with Crippen LogP contribution in [0.1, 0.15) is 61.3 Å². The van der Waals surface area contributed by atoms with Crippen molar-refractivity contribution in [2.75, 3.05) is 20.3 Å². The van der Waals surface area contributed by atoms with Gasteiger partial charge in [0.1, 0.15) is 5.78 Å². The van der Waals surface area contributed by atoms with Crippen LogP contribution in [0.4, 0.5) is 0 Å². The highest BCUT2D eigenvalue weighted by Crippen LogP contribution is 1.96. The van der Waals surface area contributed by atoms with Gasteiger partial charge in [-0.3, -0.25) is 4.79 Å². The molecular weight excluding hydrogens is 256 g/mol. The molecule has 0 amide bonds. The SMILES string of the molecule is C.C.C=C(C)C.COCCCCOC(=O)CCC(C)=O. The average molecular weight is 290 g/mol. The number of hydrogen-bond donors (Lipinski definition) is 0. The molecule has 0 rings (SSSR count). The molecule has 0 aliphatic carbocycles. The lowest BCUT2D eigenvalue weighted by Gasteiger charge is -2.03. The third-order valence-electron chi connectivity index (χ3n) is 1.69. The van der Waals surface area contributed by atoms with E-state index in [9.17, 15) is 9.59 Å². The summed E-state index contributed by atoms with van der Waals surface area (Å²) in [6.45, 7) is 10.1. The zero-order valence-corrected chi connectivity index (χ0v) is 12.1. The zero-order valence-electron chi connectivity index (χ0n) is 12.1. The molecule has 0 aromatic rings. The normalized spacial score (nSPS) is 8.20. The molecule has 0 unspecified atom stereocenters. The monoisotopic (exact) mass is 290 g/mol. The second kappa shape index (κ2) is 20.2. The fourth-order valence-corrected chi connectivity index (χ4v) is 0.885. The molecule has 0 saturated carbocycles. The minimum atomic E-state index is -0.294. The second-order valence-electron chi connectivity index (χ2n) is 4.33. The van der Waals surface area contributed by atoms with Crippen LogP contribution in [-0.4, -0.2) is 32.1 Å². The van der Waals surface area contributed by atoms with E-state index in [1.807, 2.05) is 13.8 Å². The molecule has 0 aromatic heterocycles. The number of methoxy groups -OCH3 is 1. The molecule has 0 radical (unpaired) electrons. The summed E-state index contributed by atoms with van der Waals surface area (Å²) < 4.78 is 9.73. The summed E-state index contributed by atoms with van der Waals surface area (Å²) in [6, 6.07) is 0. The molecule has 20 heavy (non-hydrogen) atoms. The van der Waals surface area contributed by atoms with Crippen LogP contribution >= 0.6 is 0 Å². The third kappa shape index (κ3) is 36.0. The predicted molar refractivity (Wildman–Crippen MR) is 85.9 cm³/mol. The van der Waals surface area contributed by atoms with E-state index in [-0.39, 0.29) is 39.4 Å². The maximum atomic E-state index is 11.0. The van der Waals surface area contributed by atoms with E-state index in [2.05, 4.69) is 6.58 Å². The number of ketones is 1. The summed E-state index contributed by atoms with van der Waals surface area (Å²) in [5, 5.41) is 0. The molecule has 122 valence electrons. The highest BCUT2D eigenvalue weighted by atomic mass is 16.5. The van der Waals surface area contributed by atoms with Gasteiger partial charge < -0.3 is 14.3 Å². The zero-order chi connectivity index (χ0) is 14.4. The first-order chi connectivity index (χ1) is 8.40. The summed E-state index contributed by atoms with van der Waals surface area (Å²) >= 11 is 0. The summed E-state index contributed by atoms with van der Waals surface area (Å²) in [5.41, 5.74) is 1.17. The number of carbonyl (C=O) groups is 2. The minimum Gasteiger partial charge on any atom is -0.466 e. The van der Waals surface area contributed by atoms with Crippen molar-refractivity contribution >= 4 is 11.8 Å². The van der Waals surface area contributed by atoms with Crippen LogP contribution in [0.25, 0.3) is 0 Å². The Bertz CT molecular complexity index is 243. The molecule has 0 heterocycles. The van der Waals surface area contributed by atoms with Crippen molar-refractivity contribution < 1.29 is 19.1 Å². The fraction of sp³-hybridized carbons (Fsp3) is 0.750. The van der Waals surface area contributed by atoms with Gasteiger partial charge in [0.15, 0.2) is 0 Å². The number of unbranched alkanes of at least 4 members (excludes halogenated alkanes) is 1. The van der Waals surface area contributed by atoms with E-state index in [0.717, 1.165) is 12.8 Å². The number of rotatable bonds is 8. The van der Waals surface area contributed by atoms with Gasteiger partial charge in [-0.1, -0.05) is 20.4 Å². The van der Waals surface area contributed by atoms with Gasteiger partial charge in [-0.2, -0.15) is 0 Å². The van der Waals surface area contributed by atoms with Crippen LogP contribution < -0.4 is 0 Å². The van der Waals surface area contributed by atoms with Crippen molar-refractivity contribution in [3.8, 4) is 0 Å². The van der Waals surface area contributed by atoms with Gasteiger partial charge in [-0.25, -0.2) is 0 Å². The number of allylic oxidation sites excluding steroid dienone is 1. The van der Waals surface area contributed by atoms with Crippen LogP contribution in [0.15, 0.2) is 12.2 Å². The Kier molecular flexibility index (Phi) is 27.4. The first kappa shape index (κ1) is 27.2. The van der Waals surface area contributed by atoms with E-state index >= 15 is 0 Å². The van der Waals surface area contributed by atoms with E-state index in [1.165, 1.54) is 12.5 Å². The summed E-state index contributed by atoms with van der Waals surface area (Å²) in [5.74, 6) is -0.279. The van der Waals surface area contributed by atoms with E-state index in [4.69, 9.17) is 9.47 Å². The van der Waals surface area contributed by atoms with Crippen molar-refractivity contribution in [1.82, 2.24) is 0 Å². The maximum Gasteiger partial charge on any atom is 0.306 e. The average Bonchev–Trinajstić information content (AvgIpc) is 2.25. The first-order valence-electron chi connectivity index (χ1n) is 6.16. The number of ether oxygens (including phenoxy) is 2. The molecular formula is C16H34O4. The highest BCUT2D eigenvalue weighted by molar-refractivity contribution is 5.80. The Morgan fingerprint density at radius 1 is 0.950 bits per heavy atom. The summed E-state index contributed by atoms with van der Waals surface area (Å²) in [7, 11) is 1.64. The number of carbonyl (C=O) groups excluding carboxylic acids is 2. The highest BCUT2D eigenvalue weighted by Gasteiger charge is 2.03. The molecule has 0 spiro atoms. The third-order valence-corrected chi connectivity index (χ3v) is 1.69. The van der Waals surface area contributed by atoms with Gasteiger partial charge in [0.05, 0.1) is 13.0 Å². The van der Waals surface area contributed by atoms with Crippen LogP contribution in [0.2, 0.25) is 0 Å². The summed E-state index contributed by atoms with van der Waals surface area (Å²) in [4.78, 5) is 21.5. The van der Waals surface area contributed by atoms with Crippen molar-refractivity contribution in [2.24, 2.45) is 0 Å². The Morgan fingerprint density at radius 3 is 1.80 bits per heavy atom. The quantitative estimate of drug-likeness (QED) is 0.382. The van der Waals surface area contributed by atoms with Gasteiger partial charge in [-0.15, -0.1) is 6.58 Å².